The van der Waals surface area contributed by atoms with Gasteiger partial charge in [0, 0.05) is 18.5 Å². The molecule has 2 aromatic heterocycles. The zero-order chi connectivity index (χ0) is 14.9. The zero-order valence-corrected chi connectivity index (χ0v) is 12.4. The first-order chi connectivity index (χ1) is 9.29. The van der Waals surface area contributed by atoms with Gasteiger partial charge < -0.3 is 4.98 Å². The van der Waals surface area contributed by atoms with Gasteiger partial charge in [0.25, 0.3) is 15.6 Å². The molecule has 2 rings (SSSR count). The number of nitrogens with one attached hydrogen (secondary N) is 2. The molecule has 0 aliphatic heterocycles. The molecular weight excluding hydrogens is 326 g/mol. The number of hydrogen-bond donors (Lipinski definition) is 2. The minimum atomic E-state index is -3.93. The third-order valence-electron chi connectivity index (χ3n) is 2.23. The average molecular weight is 334 g/mol. The number of halogens is 1. The summed E-state index contributed by atoms with van der Waals surface area (Å²) in [6, 6.07) is 1.03. The second-order valence-corrected chi connectivity index (χ2v) is 6.66. The molecule has 0 bridgehead atoms. The fourth-order valence-corrected chi connectivity index (χ4v) is 3.48. The summed E-state index contributed by atoms with van der Waals surface area (Å²) in [6.45, 7) is 1.33. The van der Waals surface area contributed by atoms with Crippen LogP contribution in [0.25, 0.3) is 0 Å². The highest BCUT2D eigenvalue weighted by Gasteiger charge is 2.18. The SMILES string of the molecule is CC(=O)c1csc(NS(=O)(=O)c2c[nH]c(=O)c(Cl)c2)n1. The van der Waals surface area contributed by atoms with Crippen molar-refractivity contribution in [3.8, 4) is 0 Å². The summed E-state index contributed by atoms with van der Waals surface area (Å²) >= 11 is 6.55. The number of carbonyl (C=O) groups is 1. The van der Waals surface area contributed by atoms with Gasteiger partial charge in [-0.1, -0.05) is 11.6 Å². The molecule has 0 fully saturated rings. The Balaban J connectivity index is 2.32. The van der Waals surface area contributed by atoms with Crippen LogP contribution in [-0.2, 0) is 10.0 Å². The summed E-state index contributed by atoms with van der Waals surface area (Å²) < 4.78 is 26.3. The Hall–Kier alpha value is -1.71. The molecule has 7 nitrogen and oxygen atoms in total. The van der Waals surface area contributed by atoms with Gasteiger partial charge in [0.1, 0.15) is 15.6 Å². The molecule has 106 valence electrons. The molecule has 10 heteroatoms. The number of aromatic amines is 1. The van der Waals surface area contributed by atoms with E-state index in [0.29, 0.717) is 0 Å². The van der Waals surface area contributed by atoms with Crippen molar-refractivity contribution in [2.45, 2.75) is 11.8 Å². The fourth-order valence-electron chi connectivity index (χ4n) is 1.25. The number of aromatic nitrogens is 2. The monoisotopic (exact) mass is 333 g/mol. The van der Waals surface area contributed by atoms with Gasteiger partial charge in [0.05, 0.1) is 0 Å². The molecule has 20 heavy (non-hydrogen) atoms. The summed E-state index contributed by atoms with van der Waals surface area (Å²) in [5.74, 6) is -0.265. The largest absolute Gasteiger partial charge is 0.326 e. The third kappa shape index (κ3) is 3.06. The maximum Gasteiger partial charge on any atom is 0.266 e. The normalized spacial score (nSPS) is 11.3. The van der Waals surface area contributed by atoms with Crippen molar-refractivity contribution in [1.82, 2.24) is 9.97 Å². The van der Waals surface area contributed by atoms with Crippen molar-refractivity contribution in [3.63, 3.8) is 0 Å². The van der Waals surface area contributed by atoms with Gasteiger partial charge in [0.15, 0.2) is 10.9 Å². The molecule has 2 aromatic rings. The Labute approximate surface area is 122 Å². The molecular formula is C10H8ClN3O4S2. The van der Waals surface area contributed by atoms with E-state index in [1.165, 1.54) is 12.3 Å². The van der Waals surface area contributed by atoms with Crippen molar-refractivity contribution < 1.29 is 13.2 Å². The lowest BCUT2D eigenvalue weighted by atomic mass is 10.4. The van der Waals surface area contributed by atoms with E-state index in [1.807, 2.05) is 0 Å². The lowest BCUT2D eigenvalue weighted by Gasteiger charge is -2.04. The second kappa shape index (κ2) is 5.35. The predicted molar refractivity (Wildman–Crippen MR) is 75.0 cm³/mol. The zero-order valence-electron chi connectivity index (χ0n) is 10.0. The minimum absolute atomic E-state index is 0.0533. The number of hydrogen-bond acceptors (Lipinski definition) is 6. The highest BCUT2D eigenvalue weighted by Crippen LogP contribution is 2.20. The average Bonchev–Trinajstić information content (AvgIpc) is 2.80. The van der Waals surface area contributed by atoms with Crippen LogP contribution in [0.15, 0.2) is 27.3 Å². The van der Waals surface area contributed by atoms with Gasteiger partial charge in [-0.25, -0.2) is 13.4 Å². The van der Waals surface area contributed by atoms with Gasteiger partial charge in [-0.15, -0.1) is 11.3 Å². The molecule has 2 N–H and O–H groups in total. The molecule has 0 radical (unpaired) electrons. The van der Waals surface area contributed by atoms with Crippen molar-refractivity contribution in [1.29, 1.82) is 0 Å². The summed E-state index contributed by atoms with van der Waals surface area (Å²) in [7, 11) is -3.93. The van der Waals surface area contributed by atoms with Gasteiger partial charge >= 0.3 is 0 Å². The first-order valence-corrected chi connectivity index (χ1v) is 7.91. The van der Waals surface area contributed by atoms with Crippen LogP contribution in [0, 0.1) is 0 Å². The standard InChI is InChI=1S/C10H8ClN3O4S2/c1-5(15)8-4-19-10(13-8)14-20(17,18)6-2-7(11)9(16)12-3-6/h2-4H,1H3,(H,12,16)(H,13,14). The topological polar surface area (TPSA) is 109 Å². The van der Waals surface area contributed by atoms with Crippen LogP contribution in [0.5, 0.6) is 0 Å². The van der Waals surface area contributed by atoms with Gasteiger partial charge in [-0.3, -0.25) is 14.3 Å². The van der Waals surface area contributed by atoms with E-state index < -0.39 is 15.6 Å². The summed E-state index contributed by atoms with van der Waals surface area (Å²) in [4.78, 5) is 28.0. The third-order valence-corrected chi connectivity index (χ3v) is 4.71. The fraction of sp³-hybridized carbons (Fsp3) is 0.100. The van der Waals surface area contributed by atoms with E-state index in [4.69, 9.17) is 11.6 Å². The molecule has 0 aliphatic carbocycles. The second-order valence-electron chi connectivity index (χ2n) is 3.71. The van der Waals surface area contributed by atoms with Crippen LogP contribution in [0.1, 0.15) is 17.4 Å². The van der Waals surface area contributed by atoms with Crippen molar-refractivity contribution >= 4 is 43.9 Å². The number of anilines is 1. The smallest absolute Gasteiger partial charge is 0.266 e. The van der Waals surface area contributed by atoms with Crippen LogP contribution in [0.4, 0.5) is 5.13 Å². The number of rotatable bonds is 4. The molecule has 0 atom stereocenters. The van der Waals surface area contributed by atoms with E-state index in [0.717, 1.165) is 23.6 Å². The number of sulfonamides is 1. The first kappa shape index (κ1) is 14.7. The molecule has 2 heterocycles. The summed E-state index contributed by atoms with van der Waals surface area (Å²) in [6.07, 6.45) is 1.02. The van der Waals surface area contributed by atoms with Gasteiger partial charge in [-0.05, 0) is 6.07 Å². The van der Waals surface area contributed by atoms with Crippen LogP contribution in [0.2, 0.25) is 5.02 Å². The van der Waals surface area contributed by atoms with E-state index in [1.54, 1.807) is 0 Å². The Morgan fingerprint density at radius 1 is 1.50 bits per heavy atom. The maximum atomic E-state index is 12.0. The Kier molecular flexibility index (Phi) is 3.93. The van der Waals surface area contributed by atoms with E-state index in [9.17, 15) is 18.0 Å². The molecule has 0 saturated heterocycles. The highest BCUT2D eigenvalue weighted by atomic mass is 35.5. The van der Waals surface area contributed by atoms with Crippen molar-refractivity contribution in [2.24, 2.45) is 0 Å². The molecule has 0 amide bonds. The minimum Gasteiger partial charge on any atom is -0.326 e. The van der Waals surface area contributed by atoms with Crippen molar-refractivity contribution in [3.05, 3.63) is 38.7 Å². The number of thiazole rings is 1. The number of ketones is 1. The molecule has 0 unspecified atom stereocenters. The molecule has 0 saturated carbocycles. The van der Waals surface area contributed by atoms with Crippen LogP contribution in [0.3, 0.4) is 0 Å². The van der Waals surface area contributed by atoms with E-state index >= 15 is 0 Å². The van der Waals surface area contributed by atoms with Crippen LogP contribution in [-0.4, -0.2) is 24.2 Å². The predicted octanol–water partition coefficient (Wildman–Crippen LogP) is 1.49. The number of pyridine rings is 1. The number of Topliss-reactive ketones (excluding diaryl/α,β-unsaturated/α-hetero) is 1. The van der Waals surface area contributed by atoms with E-state index in [-0.39, 0.29) is 26.5 Å². The summed E-state index contributed by atoms with van der Waals surface area (Å²) in [5, 5.41) is 1.26. The van der Waals surface area contributed by atoms with Gasteiger partial charge in [-0.2, -0.15) is 0 Å². The number of carbonyl (C=O) groups excluding carboxylic acids is 1. The Bertz CT molecular complexity index is 825. The molecule has 0 aromatic carbocycles. The van der Waals surface area contributed by atoms with E-state index in [2.05, 4.69) is 14.7 Å². The Morgan fingerprint density at radius 3 is 2.75 bits per heavy atom. The molecule has 0 aliphatic rings. The highest BCUT2D eigenvalue weighted by molar-refractivity contribution is 7.93. The van der Waals surface area contributed by atoms with Crippen LogP contribution < -0.4 is 10.3 Å². The lowest BCUT2D eigenvalue weighted by Crippen LogP contribution is -2.16. The van der Waals surface area contributed by atoms with Crippen LogP contribution >= 0.6 is 22.9 Å². The number of nitrogens with zero attached hydrogens (tertiary/aromatic N) is 1. The van der Waals surface area contributed by atoms with Crippen molar-refractivity contribution in [2.75, 3.05) is 4.72 Å². The lowest BCUT2D eigenvalue weighted by molar-refractivity contribution is 0.101. The Morgan fingerprint density at radius 2 is 2.20 bits per heavy atom. The maximum absolute atomic E-state index is 12.0. The quantitative estimate of drug-likeness (QED) is 0.824. The van der Waals surface area contributed by atoms with Gasteiger partial charge in [0.2, 0.25) is 0 Å². The first-order valence-electron chi connectivity index (χ1n) is 5.17. The summed E-state index contributed by atoms with van der Waals surface area (Å²) in [5.41, 5.74) is -0.411. The number of H-pyrrole nitrogens is 1. The molecule has 0 spiro atoms.